The number of pyridine rings is 1. The van der Waals surface area contributed by atoms with E-state index < -0.39 is 0 Å². The van der Waals surface area contributed by atoms with Gasteiger partial charge in [0.15, 0.2) is 5.65 Å². The molecule has 4 rings (SSSR count). The molecule has 0 aliphatic carbocycles. The van der Waals surface area contributed by atoms with Crippen LogP contribution in [-0.2, 0) is 5.41 Å². The quantitative estimate of drug-likeness (QED) is 0.528. The zero-order valence-electron chi connectivity index (χ0n) is 13.5. The monoisotopic (exact) mass is 302 g/mol. The Morgan fingerprint density at radius 3 is 2.61 bits per heavy atom. The second-order valence-corrected chi connectivity index (χ2v) is 6.80. The fourth-order valence-electron chi connectivity index (χ4n) is 2.69. The molecule has 114 valence electrons. The summed E-state index contributed by atoms with van der Waals surface area (Å²) in [5, 5.41) is 5.89. The molecular weight excluding hydrogens is 284 g/mol. The van der Waals surface area contributed by atoms with Crippen molar-refractivity contribution in [2.75, 3.05) is 0 Å². The Morgan fingerprint density at radius 2 is 1.78 bits per heavy atom. The maximum Gasteiger partial charge on any atom is 0.155 e. The van der Waals surface area contributed by atoms with Crippen LogP contribution < -0.4 is 0 Å². The third kappa shape index (κ3) is 2.36. The number of fused-ring (bicyclic) bond motifs is 2. The van der Waals surface area contributed by atoms with Gasteiger partial charge in [0.1, 0.15) is 0 Å². The minimum atomic E-state index is -0.00734. The lowest BCUT2D eigenvalue weighted by Crippen LogP contribution is -2.12. The van der Waals surface area contributed by atoms with Crippen LogP contribution in [0, 0.1) is 0 Å². The van der Waals surface area contributed by atoms with Crippen molar-refractivity contribution in [2.24, 2.45) is 0 Å². The van der Waals surface area contributed by atoms with Gasteiger partial charge in [0.05, 0.1) is 16.9 Å². The molecule has 0 N–H and O–H groups in total. The molecule has 4 aromatic rings. The smallest absolute Gasteiger partial charge is 0.155 e. The maximum absolute atomic E-state index is 4.77. The van der Waals surface area contributed by atoms with E-state index >= 15 is 0 Å². The standard InChI is InChI=1S/C19H18N4/c1-19(2,3)17-11-18-20-9-8-16(23(18)22-17)14-10-13-6-4-5-7-15(13)21-12-14/h4-12H,1-3H3. The summed E-state index contributed by atoms with van der Waals surface area (Å²) in [6, 6.07) is 14.3. The number of hydrogen-bond acceptors (Lipinski definition) is 3. The second kappa shape index (κ2) is 4.88. The lowest BCUT2D eigenvalue weighted by Gasteiger charge is -2.13. The Kier molecular flexibility index (Phi) is 2.94. The van der Waals surface area contributed by atoms with Gasteiger partial charge >= 0.3 is 0 Å². The molecule has 0 bridgehead atoms. The van der Waals surface area contributed by atoms with Gasteiger partial charge in [-0.15, -0.1) is 0 Å². The van der Waals surface area contributed by atoms with Crippen LogP contribution in [0.2, 0.25) is 0 Å². The van der Waals surface area contributed by atoms with Gasteiger partial charge in [0, 0.05) is 34.8 Å². The number of para-hydroxylation sites is 1. The van der Waals surface area contributed by atoms with Gasteiger partial charge in [0.2, 0.25) is 0 Å². The molecule has 0 spiro atoms. The summed E-state index contributed by atoms with van der Waals surface area (Å²) in [7, 11) is 0. The highest BCUT2D eigenvalue weighted by Gasteiger charge is 2.19. The molecule has 0 fully saturated rings. The summed E-state index contributed by atoms with van der Waals surface area (Å²) in [6.45, 7) is 6.48. The molecule has 0 aliphatic heterocycles. The summed E-state index contributed by atoms with van der Waals surface area (Å²) in [5.41, 5.74) is 4.93. The molecule has 3 aromatic heterocycles. The summed E-state index contributed by atoms with van der Waals surface area (Å²) in [6.07, 6.45) is 3.73. The van der Waals surface area contributed by atoms with E-state index in [9.17, 15) is 0 Å². The summed E-state index contributed by atoms with van der Waals surface area (Å²) >= 11 is 0. The fraction of sp³-hybridized carbons (Fsp3) is 0.211. The van der Waals surface area contributed by atoms with Gasteiger partial charge in [-0.25, -0.2) is 9.50 Å². The SMILES string of the molecule is CC(C)(C)c1cc2nccc(-c3cnc4ccccc4c3)n2n1. The average Bonchev–Trinajstić information content (AvgIpc) is 2.99. The lowest BCUT2D eigenvalue weighted by molar-refractivity contribution is 0.563. The number of aromatic nitrogens is 4. The Labute approximate surface area is 134 Å². The lowest BCUT2D eigenvalue weighted by atomic mass is 9.93. The van der Waals surface area contributed by atoms with Gasteiger partial charge in [0.25, 0.3) is 0 Å². The normalized spacial score (nSPS) is 12.1. The van der Waals surface area contributed by atoms with E-state index in [1.807, 2.05) is 41.2 Å². The molecular formula is C19H18N4. The predicted octanol–water partition coefficient (Wildman–Crippen LogP) is 4.24. The summed E-state index contributed by atoms with van der Waals surface area (Å²) < 4.78 is 1.91. The van der Waals surface area contributed by atoms with Crippen LogP contribution in [0.25, 0.3) is 27.8 Å². The largest absolute Gasteiger partial charge is 0.256 e. The van der Waals surface area contributed by atoms with Crippen LogP contribution in [0.4, 0.5) is 0 Å². The molecule has 0 radical (unpaired) electrons. The average molecular weight is 302 g/mol. The Balaban J connectivity index is 1.94. The van der Waals surface area contributed by atoms with Crippen LogP contribution >= 0.6 is 0 Å². The van der Waals surface area contributed by atoms with Gasteiger partial charge in [-0.3, -0.25) is 4.98 Å². The molecule has 23 heavy (non-hydrogen) atoms. The molecule has 1 aromatic carbocycles. The topological polar surface area (TPSA) is 43.1 Å². The molecule has 0 unspecified atom stereocenters. The molecule has 3 heterocycles. The molecule has 0 amide bonds. The van der Waals surface area contributed by atoms with Gasteiger partial charge in [-0.1, -0.05) is 39.0 Å². The van der Waals surface area contributed by atoms with Gasteiger partial charge in [-0.2, -0.15) is 5.10 Å². The van der Waals surface area contributed by atoms with Gasteiger partial charge in [-0.05, 0) is 18.2 Å². The molecule has 4 nitrogen and oxygen atoms in total. The van der Waals surface area contributed by atoms with Crippen LogP contribution in [0.5, 0.6) is 0 Å². The highest BCUT2D eigenvalue weighted by molar-refractivity contribution is 5.83. The molecule has 4 heteroatoms. The van der Waals surface area contributed by atoms with Crippen LogP contribution in [0.15, 0.2) is 54.9 Å². The van der Waals surface area contributed by atoms with Crippen molar-refractivity contribution in [1.29, 1.82) is 0 Å². The first-order chi connectivity index (χ1) is 11.0. The van der Waals surface area contributed by atoms with E-state index in [0.717, 1.165) is 33.5 Å². The van der Waals surface area contributed by atoms with Crippen molar-refractivity contribution < 1.29 is 0 Å². The second-order valence-electron chi connectivity index (χ2n) is 6.80. The van der Waals surface area contributed by atoms with E-state index in [4.69, 9.17) is 5.10 Å². The van der Waals surface area contributed by atoms with Crippen molar-refractivity contribution in [2.45, 2.75) is 26.2 Å². The van der Waals surface area contributed by atoms with Crippen molar-refractivity contribution in [3.05, 3.63) is 60.6 Å². The molecule has 0 saturated carbocycles. The van der Waals surface area contributed by atoms with Crippen LogP contribution in [-0.4, -0.2) is 19.6 Å². The minimum Gasteiger partial charge on any atom is -0.256 e. The summed E-state index contributed by atoms with van der Waals surface area (Å²) in [5.74, 6) is 0. The number of nitrogens with zero attached hydrogens (tertiary/aromatic N) is 4. The zero-order valence-corrected chi connectivity index (χ0v) is 13.5. The first-order valence-corrected chi connectivity index (χ1v) is 7.73. The third-order valence-electron chi connectivity index (χ3n) is 4.01. The highest BCUT2D eigenvalue weighted by Crippen LogP contribution is 2.26. The molecule has 0 atom stereocenters. The minimum absolute atomic E-state index is 0.00734. The van der Waals surface area contributed by atoms with Crippen molar-refractivity contribution >= 4 is 16.6 Å². The Bertz CT molecular complexity index is 1010. The number of hydrogen-bond donors (Lipinski definition) is 0. The van der Waals surface area contributed by atoms with E-state index in [0.29, 0.717) is 0 Å². The third-order valence-corrected chi connectivity index (χ3v) is 4.01. The fourth-order valence-corrected chi connectivity index (χ4v) is 2.69. The summed E-state index contributed by atoms with van der Waals surface area (Å²) in [4.78, 5) is 9.00. The highest BCUT2D eigenvalue weighted by atomic mass is 15.3. The predicted molar refractivity (Wildman–Crippen MR) is 92.4 cm³/mol. The van der Waals surface area contributed by atoms with Crippen LogP contribution in [0.1, 0.15) is 26.5 Å². The zero-order chi connectivity index (χ0) is 16.0. The van der Waals surface area contributed by atoms with E-state index in [1.165, 1.54) is 0 Å². The Morgan fingerprint density at radius 1 is 0.957 bits per heavy atom. The first-order valence-electron chi connectivity index (χ1n) is 7.73. The van der Waals surface area contributed by atoms with Crippen molar-refractivity contribution in [1.82, 2.24) is 19.6 Å². The van der Waals surface area contributed by atoms with Crippen molar-refractivity contribution in [3.63, 3.8) is 0 Å². The van der Waals surface area contributed by atoms with E-state index in [-0.39, 0.29) is 5.41 Å². The Hall–Kier alpha value is -2.75. The van der Waals surface area contributed by atoms with Gasteiger partial charge < -0.3 is 0 Å². The number of benzene rings is 1. The molecule has 0 aliphatic rings. The number of rotatable bonds is 1. The van der Waals surface area contributed by atoms with E-state index in [2.05, 4.69) is 48.9 Å². The molecule has 0 saturated heterocycles. The maximum atomic E-state index is 4.77. The first kappa shape index (κ1) is 13.9. The van der Waals surface area contributed by atoms with Crippen LogP contribution in [0.3, 0.4) is 0 Å². The van der Waals surface area contributed by atoms with Crippen molar-refractivity contribution in [3.8, 4) is 11.3 Å². The van der Waals surface area contributed by atoms with E-state index in [1.54, 1.807) is 0 Å².